The minimum absolute atomic E-state index is 0.302. The normalized spacial score (nSPS) is 8.82. The Morgan fingerprint density at radius 2 is 2.45 bits per heavy atom. The lowest BCUT2D eigenvalue weighted by molar-refractivity contribution is 0.411. The summed E-state index contributed by atoms with van der Waals surface area (Å²) in [5.74, 6) is 0.488. The van der Waals surface area contributed by atoms with Crippen LogP contribution < -0.4 is 4.74 Å². The summed E-state index contributed by atoms with van der Waals surface area (Å²) in [5.41, 5.74) is 0.302. The highest BCUT2D eigenvalue weighted by Gasteiger charge is 2.02. The van der Waals surface area contributed by atoms with Crippen molar-refractivity contribution in [3.8, 4) is 11.8 Å². The van der Waals surface area contributed by atoms with Crippen molar-refractivity contribution in [2.45, 2.75) is 0 Å². The number of methoxy groups -OCH3 is 1. The predicted octanol–water partition coefficient (Wildman–Crippen LogP) is 1.72. The first kappa shape index (κ1) is 8.02. The molecule has 0 aliphatic heterocycles. The standard InChI is InChI=1S/C7H5BrN2O/c1-11-7-2-5(8)4-10-6(7)3-9/h2,4H,1H3. The number of hydrogen-bond acceptors (Lipinski definition) is 3. The van der Waals surface area contributed by atoms with E-state index in [1.807, 2.05) is 6.07 Å². The van der Waals surface area contributed by atoms with Crippen LogP contribution >= 0.6 is 15.9 Å². The third kappa shape index (κ3) is 1.69. The van der Waals surface area contributed by atoms with Gasteiger partial charge in [0.2, 0.25) is 0 Å². The lowest BCUT2D eigenvalue weighted by atomic mass is 10.3. The smallest absolute Gasteiger partial charge is 0.182 e. The van der Waals surface area contributed by atoms with Crippen LogP contribution in [0.4, 0.5) is 0 Å². The molecular formula is C7H5BrN2O. The summed E-state index contributed by atoms with van der Waals surface area (Å²) in [6.07, 6.45) is 1.56. The Hall–Kier alpha value is -1.08. The van der Waals surface area contributed by atoms with Crippen molar-refractivity contribution in [2.24, 2.45) is 0 Å². The average Bonchev–Trinajstić information content (AvgIpc) is 2.04. The maximum Gasteiger partial charge on any atom is 0.182 e. The van der Waals surface area contributed by atoms with Crippen LogP contribution in [0.15, 0.2) is 16.7 Å². The van der Waals surface area contributed by atoms with Gasteiger partial charge in [0.1, 0.15) is 6.07 Å². The Kier molecular flexibility index (Phi) is 2.44. The zero-order valence-electron chi connectivity index (χ0n) is 5.84. The second-order valence-electron chi connectivity index (χ2n) is 1.82. The van der Waals surface area contributed by atoms with Crippen LogP contribution in [0.5, 0.6) is 5.75 Å². The SMILES string of the molecule is COc1cc(Br)cnc1C#N. The fourth-order valence-electron chi connectivity index (χ4n) is 0.660. The van der Waals surface area contributed by atoms with Gasteiger partial charge in [-0.3, -0.25) is 0 Å². The number of aromatic nitrogens is 1. The molecule has 4 heteroatoms. The van der Waals surface area contributed by atoms with Crippen LogP contribution in [-0.2, 0) is 0 Å². The molecule has 0 saturated heterocycles. The first-order chi connectivity index (χ1) is 5.27. The summed E-state index contributed by atoms with van der Waals surface area (Å²) in [7, 11) is 1.50. The molecule has 0 bridgehead atoms. The van der Waals surface area contributed by atoms with E-state index >= 15 is 0 Å². The van der Waals surface area contributed by atoms with Crippen molar-refractivity contribution in [3.63, 3.8) is 0 Å². The third-order valence-electron chi connectivity index (χ3n) is 1.15. The van der Waals surface area contributed by atoms with Gasteiger partial charge in [-0.25, -0.2) is 4.98 Å². The van der Waals surface area contributed by atoms with E-state index in [0.29, 0.717) is 11.4 Å². The molecule has 0 fully saturated rings. The fraction of sp³-hybridized carbons (Fsp3) is 0.143. The molecule has 0 saturated carbocycles. The average molecular weight is 213 g/mol. The van der Waals surface area contributed by atoms with Gasteiger partial charge < -0.3 is 4.74 Å². The van der Waals surface area contributed by atoms with E-state index in [9.17, 15) is 0 Å². The molecule has 0 aliphatic rings. The second-order valence-corrected chi connectivity index (χ2v) is 2.73. The van der Waals surface area contributed by atoms with Crippen LogP contribution in [0.2, 0.25) is 0 Å². The van der Waals surface area contributed by atoms with E-state index < -0.39 is 0 Å². The predicted molar refractivity (Wildman–Crippen MR) is 43.2 cm³/mol. The lowest BCUT2D eigenvalue weighted by Crippen LogP contribution is -1.90. The number of rotatable bonds is 1. The quantitative estimate of drug-likeness (QED) is 0.713. The minimum Gasteiger partial charge on any atom is -0.494 e. The molecule has 0 radical (unpaired) electrons. The summed E-state index contributed by atoms with van der Waals surface area (Å²) >= 11 is 3.21. The molecule has 1 rings (SSSR count). The van der Waals surface area contributed by atoms with Gasteiger partial charge in [-0.05, 0) is 22.0 Å². The molecule has 1 aromatic rings. The van der Waals surface area contributed by atoms with Gasteiger partial charge in [-0.2, -0.15) is 5.26 Å². The number of hydrogen-bond donors (Lipinski definition) is 0. The van der Waals surface area contributed by atoms with E-state index in [1.165, 1.54) is 7.11 Å². The van der Waals surface area contributed by atoms with Gasteiger partial charge in [-0.1, -0.05) is 0 Å². The monoisotopic (exact) mass is 212 g/mol. The molecule has 0 unspecified atom stereocenters. The van der Waals surface area contributed by atoms with Crippen molar-refractivity contribution in [2.75, 3.05) is 7.11 Å². The summed E-state index contributed by atoms with van der Waals surface area (Å²) < 4.78 is 5.70. The summed E-state index contributed by atoms with van der Waals surface area (Å²) in [4.78, 5) is 3.83. The maximum atomic E-state index is 8.53. The fourth-order valence-corrected chi connectivity index (χ4v) is 0.971. The summed E-state index contributed by atoms with van der Waals surface area (Å²) in [6, 6.07) is 3.62. The van der Waals surface area contributed by atoms with Gasteiger partial charge in [0.15, 0.2) is 11.4 Å². The number of ether oxygens (including phenoxy) is 1. The topological polar surface area (TPSA) is 45.9 Å². The van der Waals surface area contributed by atoms with Crippen molar-refractivity contribution in [1.82, 2.24) is 4.98 Å². The molecule has 0 aliphatic carbocycles. The highest BCUT2D eigenvalue weighted by molar-refractivity contribution is 9.10. The third-order valence-corrected chi connectivity index (χ3v) is 1.58. The zero-order chi connectivity index (χ0) is 8.27. The van der Waals surface area contributed by atoms with Gasteiger partial charge >= 0.3 is 0 Å². The Morgan fingerprint density at radius 3 is 3.00 bits per heavy atom. The Bertz CT molecular complexity index is 306. The molecule has 0 amide bonds. The molecule has 0 atom stereocenters. The molecule has 0 spiro atoms. The number of nitrogens with zero attached hydrogens (tertiary/aromatic N) is 2. The van der Waals surface area contributed by atoms with Crippen molar-refractivity contribution < 1.29 is 4.74 Å². The molecule has 0 aromatic carbocycles. The number of pyridine rings is 1. The van der Waals surface area contributed by atoms with Gasteiger partial charge in [0.05, 0.1) is 7.11 Å². The summed E-state index contributed by atoms with van der Waals surface area (Å²) in [6.45, 7) is 0. The van der Waals surface area contributed by atoms with Gasteiger partial charge in [0.25, 0.3) is 0 Å². The van der Waals surface area contributed by atoms with E-state index in [2.05, 4.69) is 20.9 Å². The number of halogens is 1. The largest absolute Gasteiger partial charge is 0.494 e. The zero-order valence-corrected chi connectivity index (χ0v) is 7.42. The Labute approximate surface area is 72.8 Å². The Morgan fingerprint density at radius 1 is 1.73 bits per heavy atom. The molecule has 56 valence electrons. The Balaban J connectivity index is 3.19. The molecule has 3 nitrogen and oxygen atoms in total. The molecular weight excluding hydrogens is 208 g/mol. The van der Waals surface area contributed by atoms with Crippen LogP contribution in [0.3, 0.4) is 0 Å². The first-order valence-electron chi connectivity index (χ1n) is 2.87. The maximum absolute atomic E-state index is 8.53. The van der Waals surface area contributed by atoms with E-state index in [-0.39, 0.29) is 0 Å². The van der Waals surface area contributed by atoms with E-state index in [1.54, 1.807) is 12.3 Å². The van der Waals surface area contributed by atoms with E-state index in [0.717, 1.165) is 4.47 Å². The molecule has 1 heterocycles. The highest BCUT2D eigenvalue weighted by atomic mass is 79.9. The van der Waals surface area contributed by atoms with Crippen LogP contribution in [0.1, 0.15) is 5.69 Å². The minimum atomic E-state index is 0.302. The highest BCUT2D eigenvalue weighted by Crippen LogP contribution is 2.19. The molecule has 11 heavy (non-hydrogen) atoms. The van der Waals surface area contributed by atoms with Crippen molar-refractivity contribution >= 4 is 15.9 Å². The van der Waals surface area contributed by atoms with Crippen LogP contribution in [0, 0.1) is 11.3 Å². The van der Waals surface area contributed by atoms with E-state index in [4.69, 9.17) is 10.00 Å². The summed E-state index contributed by atoms with van der Waals surface area (Å²) in [5, 5.41) is 8.53. The van der Waals surface area contributed by atoms with Gasteiger partial charge in [-0.15, -0.1) is 0 Å². The number of nitriles is 1. The molecule has 1 aromatic heterocycles. The first-order valence-corrected chi connectivity index (χ1v) is 3.67. The van der Waals surface area contributed by atoms with Gasteiger partial charge in [0, 0.05) is 10.7 Å². The van der Waals surface area contributed by atoms with Crippen molar-refractivity contribution in [1.29, 1.82) is 5.26 Å². The molecule has 0 N–H and O–H groups in total. The second kappa shape index (κ2) is 3.35. The lowest BCUT2D eigenvalue weighted by Gasteiger charge is -2.00. The van der Waals surface area contributed by atoms with Crippen molar-refractivity contribution in [3.05, 3.63) is 22.4 Å². The van der Waals surface area contributed by atoms with Crippen LogP contribution in [-0.4, -0.2) is 12.1 Å². The van der Waals surface area contributed by atoms with Crippen LogP contribution in [0.25, 0.3) is 0 Å².